The van der Waals surface area contributed by atoms with E-state index in [2.05, 4.69) is 30.7 Å². The molecule has 0 N–H and O–H groups in total. The summed E-state index contributed by atoms with van der Waals surface area (Å²) in [5.74, 6) is 1.77. The molecule has 0 saturated carbocycles. The van der Waals surface area contributed by atoms with Crippen molar-refractivity contribution in [3.63, 3.8) is 0 Å². The molecule has 0 spiro atoms. The third kappa shape index (κ3) is 5.08. The minimum absolute atomic E-state index is 0.0790. The van der Waals surface area contributed by atoms with Gasteiger partial charge in [-0.05, 0) is 33.3 Å². The van der Waals surface area contributed by atoms with Gasteiger partial charge in [-0.1, -0.05) is 20.8 Å². The first-order valence-corrected chi connectivity index (χ1v) is 8.63. The quantitative estimate of drug-likeness (QED) is 0.789. The zero-order valence-electron chi connectivity index (χ0n) is 15.8. The summed E-state index contributed by atoms with van der Waals surface area (Å²) in [5.41, 5.74) is -0.540. The molecule has 1 amide bonds. The zero-order chi connectivity index (χ0) is 18.0. The zero-order valence-corrected chi connectivity index (χ0v) is 15.8. The van der Waals surface area contributed by atoms with Gasteiger partial charge in [-0.3, -0.25) is 0 Å². The third-order valence-electron chi connectivity index (χ3n) is 3.78. The molecule has 0 radical (unpaired) electrons. The van der Waals surface area contributed by atoms with Crippen LogP contribution in [-0.2, 0) is 10.2 Å². The smallest absolute Gasteiger partial charge is 0.410 e. The lowest BCUT2D eigenvalue weighted by molar-refractivity contribution is 0.0263. The minimum Gasteiger partial charge on any atom is -0.444 e. The fourth-order valence-electron chi connectivity index (χ4n) is 2.54. The van der Waals surface area contributed by atoms with Crippen molar-refractivity contribution >= 4 is 11.9 Å². The highest BCUT2D eigenvalue weighted by atomic mass is 16.6. The monoisotopic (exact) mass is 334 g/mol. The number of carbonyl (C=O) groups excluding carboxylic acids is 1. The number of aromatic nitrogens is 2. The Morgan fingerprint density at radius 2 is 1.79 bits per heavy atom. The van der Waals surface area contributed by atoms with Crippen LogP contribution in [-0.4, -0.2) is 52.7 Å². The average molecular weight is 334 g/mol. The van der Waals surface area contributed by atoms with Crippen LogP contribution in [0.4, 0.5) is 10.6 Å². The summed E-state index contributed by atoms with van der Waals surface area (Å²) in [5, 5.41) is 0. The van der Waals surface area contributed by atoms with E-state index >= 15 is 0 Å². The first-order valence-electron chi connectivity index (χ1n) is 8.63. The van der Waals surface area contributed by atoms with Crippen molar-refractivity contribution in [2.75, 3.05) is 31.1 Å². The normalized spacial score (nSPS) is 16.8. The van der Waals surface area contributed by atoms with Crippen molar-refractivity contribution in [1.82, 2.24) is 14.9 Å². The molecule has 6 nitrogen and oxygen atoms in total. The van der Waals surface area contributed by atoms with Crippen molar-refractivity contribution in [3.05, 3.63) is 18.1 Å². The van der Waals surface area contributed by atoms with Crippen LogP contribution in [0.2, 0.25) is 0 Å². The first kappa shape index (κ1) is 18.5. The van der Waals surface area contributed by atoms with Crippen molar-refractivity contribution in [2.24, 2.45) is 0 Å². The molecule has 0 aromatic carbocycles. The molecular weight excluding hydrogens is 304 g/mol. The predicted octanol–water partition coefficient (Wildman–Crippen LogP) is 3.22. The Kier molecular flexibility index (Phi) is 5.35. The lowest BCUT2D eigenvalue weighted by atomic mass is 9.96. The number of anilines is 1. The van der Waals surface area contributed by atoms with Crippen LogP contribution in [0.1, 0.15) is 53.8 Å². The molecule has 1 fully saturated rings. The number of rotatable bonds is 1. The Morgan fingerprint density at radius 3 is 2.42 bits per heavy atom. The molecule has 0 bridgehead atoms. The number of ether oxygens (including phenoxy) is 1. The van der Waals surface area contributed by atoms with E-state index in [1.165, 1.54) is 0 Å². The Bertz CT molecular complexity index is 575. The largest absolute Gasteiger partial charge is 0.444 e. The van der Waals surface area contributed by atoms with Gasteiger partial charge in [-0.2, -0.15) is 0 Å². The number of nitrogens with zero attached hydrogens (tertiary/aromatic N) is 4. The molecule has 1 aromatic heterocycles. The Morgan fingerprint density at radius 1 is 1.08 bits per heavy atom. The maximum absolute atomic E-state index is 12.3. The van der Waals surface area contributed by atoms with E-state index in [4.69, 9.17) is 9.72 Å². The van der Waals surface area contributed by atoms with E-state index in [9.17, 15) is 4.79 Å². The van der Waals surface area contributed by atoms with E-state index in [-0.39, 0.29) is 11.5 Å². The van der Waals surface area contributed by atoms with Crippen LogP contribution in [0.25, 0.3) is 0 Å². The van der Waals surface area contributed by atoms with E-state index in [0.29, 0.717) is 13.1 Å². The number of hydrogen-bond donors (Lipinski definition) is 0. The molecule has 0 atom stereocenters. The predicted molar refractivity (Wildman–Crippen MR) is 95.4 cm³/mol. The highest BCUT2D eigenvalue weighted by Crippen LogP contribution is 2.21. The van der Waals surface area contributed by atoms with Crippen LogP contribution in [0.5, 0.6) is 0 Å². The van der Waals surface area contributed by atoms with E-state index in [1.54, 1.807) is 4.90 Å². The van der Waals surface area contributed by atoms with Crippen LogP contribution < -0.4 is 4.90 Å². The SMILES string of the molecule is CC(C)(C)OC(=O)N1CCCN(c2ccnc(C(C)(C)C)n2)CC1. The second-order valence-corrected chi connectivity index (χ2v) is 8.30. The standard InChI is InChI=1S/C18H30N4O2/c1-17(2,3)15-19-9-8-14(20-15)21-10-7-11-22(13-12-21)16(23)24-18(4,5)6/h8-9H,7,10-13H2,1-6H3. The van der Waals surface area contributed by atoms with Crippen molar-refractivity contribution < 1.29 is 9.53 Å². The Balaban J connectivity index is 2.05. The van der Waals surface area contributed by atoms with Crippen molar-refractivity contribution in [2.45, 2.75) is 59.0 Å². The molecule has 0 aliphatic carbocycles. The number of amides is 1. The van der Waals surface area contributed by atoms with E-state index in [0.717, 1.165) is 31.2 Å². The van der Waals surface area contributed by atoms with Crippen LogP contribution in [0.3, 0.4) is 0 Å². The average Bonchev–Trinajstić information content (AvgIpc) is 2.70. The van der Waals surface area contributed by atoms with Crippen LogP contribution >= 0.6 is 0 Å². The van der Waals surface area contributed by atoms with Gasteiger partial charge in [-0.25, -0.2) is 14.8 Å². The van der Waals surface area contributed by atoms with Gasteiger partial charge in [0.25, 0.3) is 0 Å². The lowest BCUT2D eigenvalue weighted by Gasteiger charge is -2.27. The van der Waals surface area contributed by atoms with Gasteiger partial charge < -0.3 is 14.5 Å². The Labute approximate surface area is 145 Å². The fourth-order valence-corrected chi connectivity index (χ4v) is 2.54. The molecule has 2 heterocycles. The molecule has 1 aliphatic heterocycles. The van der Waals surface area contributed by atoms with Crippen molar-refractivity contribution in [1.29, 1.82) is 0 Å². The fraction of sp³-hybridized carbons (Fsp3) is 0.722. The highest BCUT2D eigenvalue weighted by molar-refractivity contribution is 5.68. The Hall–Kier alpha value is -1.85. The van der Waals surface area contributed by atoms with Gasteiger partial charge in [0, 0.05) is 37.8 Å². The van der Waals surface area contributed by atoms with Gasteiger partial charge in [0.1, 0.15) is 17.2 Å². The molecule has 1 aliphatic rings. The second kappa shape index (κ2) is 6.95. The van der Waals surface area contributed by atoms with E-state index in [1.807, 2.05) is 33.0 Å². The lowest BCUT2D eigenvalue weighted by Crippen LogP contribution is -2.39. The van der Waals surface area contributed by atoms with Gasteiger partial charge in [0.15, 0.2) is 0 Å². The second-order valence-electron chi connectivity index (χ2n) is 8.30. The third-order valence-corrected chi connectivity index (χ3v) is 3.78. The summed E-state index contributed by atoms with van der Waals surface area (Å²) < 4.78 is 5.48. The topological polar surface area (TPSA) is 58.6 Å². The van der Waals surface area contributed by atoms with Crippen molar-refractivity contribution in [3.8, 4) is 0 Å². The van der Waals surface area contributed by atoms with Gasteiger partial charge >= 0.3 is 6.09 Å². The molecule has 1 aromatic rings. The summed E-state index contributed by atoms with van der Waals surface area (Å²) in [6.45, 7) is 15.0. The van der Waals surface area contributed by atoms with Gasteiger partial charge in [0.2, 0.25) is 0 Å². The van der Waals surface area contributed by atoms with Gasteiger partial charge in [0.05, 0.1) is 0 Å². The van der Waals surface area contributed by atoms with Crippen LogP contribution in [0.15, 0.2) is 12.3 Å². The summed E-state index contributed by atoms with van der Waals surface area (Å²) in [6, 6.07) is 1.94. The first-order chi connectivity index (χ1) is 11.1. The molecular formula is C18H30N4O2. The summed E-state index contributed by atoms with van der Waals surface area (Å²) >= 11 is 0. The summed E-state index contributed by atoms with van der Waals surface area (Å²) in [7, 11) is 0. The minimum atomic E-state index is -0.461. The molecule has 6 heteroatoms. The number of hydrogen-bond acceptors (Lipinski definition) is 5. The molecule has 1 saturated heterocycles. The molecule has 2 rings (SSSR count). The van der Waals surface area contributed by atoms with Crippen LogP contribution in [0, 0.1) is 0 Å². The molecule has 0 unspecified atom stereocenters. The number of carbonyl (C=O) groups is 1. The molecule has 24 heavy (non-hydrogen) atoms. The molecule has 134 valence electrons. The van der Waals surface area contributed by atoms with Gasteiger partial charge in [-0.15, -0.1) is 0 Å². The maximum Gasteiger partial charge on any atom is 0.410 e. The van der Waals surface area contributed by atoms with E-state index < -0.39 is 5.60 Å². The maximum atomic E-state index is 12.3. The summed E-state index contributed by atoms with van der Waals surface area (Å²) in [6.07, 6.45) is 2.48. The highest BCUT2D eigenvalue weighted by Gasteiger charge is 2.25. The summed E-state index contributed by atoms with van der Waals surface area (Å²) in [4.78, 5) is 25.4.